The zero-order valence-electron chi connectivity index (χ0n) is 17.4. The number of fused-ring (bicyclic) bond motifs is 2. The first kappa shape index (κ1) is 19.1. The summed E-state index contributed by atoms with van der Waals surface area (Å²) in [6.07, 6.45) is 0.793. The lowest BCUT2D eigenvalue weighted by Crippen LogP contribution is -2.37. The molecule has 0 saturated heterocycles. The van der Waals surface area contributed by atoms with Crippen molar-refractivity contribution in [2.75, 3.05) is 11.4 Å². The van der Waals surface area contributed by atoms with Gasteiger partial charge in [-0.3, -0.25) is 18.7 Å². The van der Waals surface area contributed by atoms with Crippen molar-refractivity contribution in [2.24, 2.45) is 14.1 Å². The minimum atomic E-state index is -0.421. The van der Waals surface area contributed by atoms with Crippen LogP contribution in [0.2, 0.25) is 0 Å². The molecular weight excluding hydrogens is 392 g/mol. The van der Waals surface area contributed by atoms with Gasteiger partial charge in [0.15, 0.2) is 0 Å². The van der Waals surface area contributed by atoms with E-state index in [4.69, 9.17) is 0 Å². The summed E-state index contributed by atoms with van der Waals surface area (Å²) in [6.45, 7) is 0.962. The average Bonchev–Trinajstić information content (AvgIpc) is 3.39. The molecule has 31 heavy (non-hydrogen) atoms. The van der Waals surface area contributed by atoms with Crippen molar-refractivity contribution in [1.29, 1.82) is 0 Å². The second-order valence-electron chi connectivity index (χ2n) is 7.88. The Bertz CT molecular complexity index is 1440. The monoisotopic (exact) mass is 414 g/mol. The number of nitrogens with zero attached hydrogens (tertiary/aromatic N) is 4. The van der Waals surface area contributed by atoms with E-state index in [2.05, 4.69) is 0 Å². The Morgan fingerprint density at radius 1 is 0.935 bits per heavy atom. The third kappa shape index (κ3) is 2.92. The normalized spacial score (nSPS) is 13.0. The number of para-hydroxylation sites is 1. The maximum Gasteiger partial charge on any atom is 0.332 e. The number of carbonyl (C=O) groups is 1. The molecule has 1 aliphatic heterocycles. The molecule has 1 aliphatic rings. The first-order valence-corrected chi connectivity index (χ1v) is 10.2. The highest BCUT2D eigenvalue weighted by Gasteiger charge is 2.29. The fraction of sp³-hybridized carbons (Fsp3) is 0.208. The topological polar surface area (TPSA) is 69.2 Å². The quantitative estimate of drug-likeness (QED) is 0.517. The van der Waals surface area contributed by atoms with Crippen molar-refractivity contribution < 1.29 is 4.79 Å². The van der Waals surface area contributed by atoms with Gasteiger partial charge in [0.05, 0.1) is 5.39 Å². The van der Waals surface area contributed by atoms with Crippen LogP contribution in [0, 0.1) is 0 Å². The van der Waals surface area contributed by atoms with Crippen LogP contribution in [-0.2, 0) is 27.1 Å². The third-order valence-corrected chi connectivity index (χ3v) is 6.03. The van der Waals surface area contributed by atoms with Crippen LogP contribution in [-0.4, -0.2) is 26.2 Å². The van der Waals surface area contributed by atoms with Crippen molar-refractivity contribution >= 4 is 22.6 Å². The SMILES string of the molecule is Cn1c(=O)c2cc(C(=O)N3CCc4ccccc43)n(Cc3ccccc3)c2n(C)c1=O. The molecule has 7 nitrogen and oxygen atoms in total. The molecular formula is C24H22N4O3. The van der Waals surface area contributed by atoms with Gasteiger partial charge in [0, 0.05) is 32.9 Å². The summed E-state index contributed by atoms with van der Waals surface area (Å²) in [7, 11) is 3.09. The average molecular weight is 414 g/mol. The molecule has 0 unspecified atom stereocenters. The Hall–Kier alpha value is -3.87. The van der Waals surface area contributed by atoms with E-state index < -0.39 is 11.2 Å². The van der Waals surface area contributed by atoms with Gasteiger partial charge in [-0.1, -0.05) is 48.5 Å². The Balaban J connectivity index is 1.74. The lowest BCUT2D eigenvalue weighted by atomic mass is 10.2. The second-order valence-corrected chi connectivity index (χ2v) is 7.88. The van der Waals surface area contributed by atoms with Crippen LogP contribution >= 0.6 is 0 Å². The molecule has 156 valence electrons. The van der Waals surface area contributed by atoms with Gasteiger partial charge in [0.2, 0.25) is 0 Å². The molecule has 0 aliphatic carbocycles. The maximum atomic E-state index is 13.7. The molecule has 0 spiro atoms. The molecule has 0 bridgehead atoms. The van der Waals surface area contributed by atoms with Crippen LogP contribution in [0.1, 0.15) is 21.6 Å². The maximum absolute atomic E-state index is 13.7. The first-order chi connectivity index (χ1) is 15.0. The van der Waals surface area contributed by atoms with E-state index in [0.717, 1.165) is 27.8 Å². The summed E-state index contributed by atoms with van der Waals surface area (Å²) in [6, 6.07) is 19.2. The first-order valence-electron chi connectivity index (χ1n) is 10.2. The molecule has 2 aromatic carbocycles. The summed E-state index contributed by atoms with van der Waals surface area (Å²) in [5.41, 5.74) is 3.03. The van der Waals surface area contributed by atoms with E-state index in [1.807, 2.05) is 54.6 Å². The molecule has 0 fully saturated rings. The fourth-order valence-corrected chi connectivity index (χ4v) is 4.43. The van der Waals surface area contributed by atoms with Crippen LogP contribution in [0.25, 0.3) is 11.0 Å². The number of benzene rings is 2. The van der Waals surface area contributed by atoms with Crippen LogP contribution in [0.4, 0.5) is 5.69 Å². The molecule has 0 atom stereocenters. The molecule has 0 saturated carbocycles. The van der Waals surface area contributed by atoms with Gasteiger partial charge in [-0.15, -0.1) is 0 Å². The van der Waals surface area contributed by atoms with Crippen molar-refractivity contribution in [3.63, 3.8) is 0 Å². The molecule has 4 aromatic rings. The van der Waals surface area contributed by atoms with Crippen LogP contribution < -0.4 is 16.1 Å². The van der Waals surface area contributed by atoms with E-state index >= 15 is 0 Å². The van der Waals surface area contributed by atoms with E-state index in [0.29, 0.717) is 29.8 Å². The second kappa shape index (κ2) is 7.12. The summed E-state index contributed by atoms with van der Waals surface area (Å²) in [5, 5.41) is 0.358. The van der Waals surface area contributed by atoms with E-state index in [-0.39, 0.29) is 5.91 Å². The number of carbonyl (C=O) groups excluding carboxylic acids is 1. The Kier molecular flexibility index (Phi) is 4.39. The highest BCUT2D eigenvalue weighted by atomic mass is 16.2. The Morgan fingerprint density at radius 2 is 1.65 bits per heavy atom. The van der Waals surface area contributed by atoms with Crippen LogP contribution in [0.3, 0.4) is 0 Å². The van der Waals surface area contributed by atoms with Crippen molar-refractivity contribution in [3.8, 4) is 0 Å². The predicted molar refractivity (Wildman–Crippen MR) is 120 cm³/mol. The van der Waals surface area contributed by atoms with Crippen LogP contribution in [0.15, 0.2) is 70.3 Å². The highest BCUT2D eigenvalue weighted by molar-refractivity contribution is 6.08. The molecule has 5 rings (SSSR count). The van der Waals surface area contributed by atoms with Gasteiger partial charge in [-0.25, -0.2) is 4.79 Å². The number of rotatable bonds is 3. The number of hydrogen-bond donors (Lipinski definition) is 0. The van der Waals surface area contributed by atoms with Gasteiger partial charge in [0.25, 0.3) is 11.5 Å². The molecule has 1 amide bonds. The van der Waals surface area contributed by atoms with Crippen LogP contribution in [0.5, 0.6) is 0 Å². The van der Waals surface area contributed by atoms with Gasteiger partial charge in [0.1, 0.15) is 11.3 Å². The van der Waals surface area contributed by atoms with Gasteiger partial charge >= 0.3 is 5.69 Å². The third-order valence-electron chi connectivity index (χ3n) is 6.03. The standard InChI is InChI=1S/C24H22N4O3/c1-25-21-18(22(29)26(2)24(25)31)14-20(28(21)15-16-8-4-3-5-9-16)23(30)27-13-12-17-10-6-7-11-19(17)27/h3-11,14H,12-13,15H2,1-2H3. The summed E-state index contributed by atoms with van der Waals surface area (Å²) in [5.74, 6) is -0.174. The number of aryl methyl sites for hydroxylation is 1. The van der Waals surface area contributed by atoms with Crippen molar-refractivity contribution in [2.45, 2.75) is 13.0 Å². The van der Waals surface area contributed by atoms with Gasteiger partial charge in [-0.2, -0.15) is 0 Å². The van der Waals surface area contributed by atoms with E-state index in [1.165, 1.54) is 11.6 Å². The molecule has 3 heterocycles. The van der Waals surface area contributed by atoms with Crippen molar-refractivity contribution in [3.05, 3.63) is 98.3 Å². The summed E-state index contributed by atoms with van der Waals surface area (Å²) < 4.78 is 4.31. The van der Waals surface area contributed by atoms with Gasteiger partial charge in [-0.05, 0) is 29.7 Å². The lowest BCUT2D eigenvalue weighted by Gasteiger charge is -2.19. The zero-order valence-corrected chi connectivity index (χ0v) is 17.4. The minimum Gasteiger partial charge on any atom is -0.318 e. The zero-order chi connectivity index (χ0) is 21.7. The fourth-order valence-electron chi connectivity index (χ4n) is 4.43. The number of hydrogen-bond acceptors (Lipinski definition) is 3. The highest BCUT2D eigenvalue weighted by Crippen LogP contribution is 2.30. The predicted octanol–water partition coefficient (Wildman–Crippen LogP) is 2.29. The smallest absolute Gasteiger partial charge is 0.318 e. The molecule has 2 aromatic heterocycles. The lowest BCUT2D eigenvalue weighted by molar-refractivity contribution is 0.0981. The van der Waals surface area contributed by atoms with Crippen molar-refractivity contribution in [1.82, 2.24) is 13.7 Å². The Morgan fingerprint density at radius 3 is 2.42 bits per heavy atom. The summed E-state index contributed by atoms with van der Waals surface area (Å²) in [4.78, 5) is 40.9. The van der Waals surface area contributed by atoms with E-state index in [1.54, 1.807) is 22.6 Å². The number of amides is 1. The summed E-state index contributed by atoms with van der Waals surface area (Å²) >= 11 is 0. The van der Waals surface area contributed by atoms with Gasteiger partial charge < -0.3 is 9.47 Å². The molecule has 7 heteroatoms. The number of anilines is 1. The van der Waals surface area contributed by atoms with E-state index in [9.17, 15) is 14.4 Å². The molecule has 0 radical (unpaired) electrons. The number of aromatic nitrogens is 3. The minimum absolute atomic E-state index is 0.174. The largest absolute Gasteiger partial charge is 0.332 e. The Labute approximate surface area is 178 Å². The molecule has 0 N–H and O–H groups in total.